The minimum absolute atomic E-state index is 0.0260. The summed E-state index contributed by atoms with van der Waals surface area (Å²) in [5, 5.41) is 8.15. The van der Waals surface area contributed by atoms with Gasteiger partial charge in [-0.15, -0.1) is 0 Å². The minimum Gasteiger partial charge on any atom is -0.371 e. The van der Waals surface area contributed by atoms with Crippen molar-refractivity contribution < 1.29 is 4.74 Å². The molecule has 0 radical (unpaired) electrons. The molecule has 1 aliphatic heterocycles. The van der Waals surface area contributed by atoms with Crippen LogP contribution in [0.25, 0.3) is 0 Å². The molecule has 0 aromatic heterocycles. The highest BCUT2D eigenvalue weighted by Gasteiger charge is 2.21. The largest absolute Gasteiger partial charge is 0.371 e. The number of piperidine rings is 1. The molecule has 15 heavy (non-hydrogen) atoms. The Morgan fingerprint density at radius 1 is 1.27 bits per heavy atom. The van der Waals surface area contributed by atoms with Crippen LogP contribution >= 0.6 is 0 Å². The van der Waals surface area contributed by atoms with E-state index in [4.69, 9.17) is 10.1 Å². The predicted octanol–water partition coefficient (Wildman–Crippen LogP) is 2.65. The van der Waals surface area contributed by atoms with Crippen molar-refractivity contribution >= 4 is 5.84 Å². The molecule has 1 aliphatic rings. The molecule has 1 saturated heterocycles. The number of likely N-dealkylation sites (tertiary alicyclic amines) is 1. The molecule has 0 bridgehead atoms. The summed E-state index contributed by atoms with van der Waals surface area (Å²) in [5.41, 5.74) is 0. The first-order valence-corrected chi connectivity index (χ1v) is 6.24. The Balaban J connectivity index is 2.45. The number of ether oxygens (including phenoxy) is 1. The molecule has 3 nitrogen and oxygen atoms in total. The van der Waals surface area contributed by atoms with Gasteiger partial charge in [-0.2, -0.15) is 0 Å². The Morgan fingerprint density at radius 2 is 1.93 bits per heavy atom. The summed E-state index contributed by atoms with van der Waals surface area (Å²) in [7, 11) is 0. The van der Waals surface area contributed by atoms with Crippen LogP contribution in [-0.4, -0.2) is 36.5 Å². The summed E-state index contributed by atoms with van der Waals surface area (Å²) in [6.45, 7) is 6.96. The Hall–Kier alpha value is -0.570. The number of nitrogens with one attached hydrogen (secondary N) is 1. The molecule has 1 fully saturated rings. The quantitative estimate of drug-likeness (QED) is 0.562. The van der Waals surface area contributed by atoms with E-state index in [9.17, 15) is 0 Å². The summed E-state index contributed by atoms with van der Waals surface area (Å²) >= 11 is 0. The highest BCUT2D eigenvalue weighted by molar-refractivity contribution is 5.83. The van der Waals surface area contributed by atoms with Gasteiger partial charge in [0.05, 0.1) is 0 Å². The maximum atomic E-state index is 8.15. The molecule has 0 amide bonds. The van der Waals surface area contributed by atoms with Gasteiger partial charge in [-0.1, -0.05) is 13.3 Å². The Morgan fingerprint density at radius 3 is 2.47 bits per heavy atom. The smallest absolute Gasteiger partial charge is 0.126 e. The standard InChI is InChI=1S/C12H24N2O/c1-3-8-11(15-4-2)12(13)14-9-6-5-7-10-14/h11,13H,3-10H2,1-2H3. The summed E-state index contributed by atoms with van der Waals surface area (Å²) in [6, 6.07) is 0. The first kappa shape index (κ1) is 12.5. The fraction of sp³-hybridized carbons (Fsp3) is 0.917. The van der Waals surface area contributed by atoms with Crippen molar-refractivity contribution in [3.05, 3.63) is 0 Å². The van der Waals surface area contributed by atoms with Crippen molar-refractivity contribution in [1.29, 1.82) is 5.41 Å². The molecule has 0 aromatic carbocycles. The lowest BCUT2D eigenvalue weighted by Gasteiger charge is -2.32. The first-order chi connectivity index (χ1) is 7.29. The zero-order valence-electron chi connectivity index (χ0n) is 10.1. The normalized spacial score (nSPS) is 18.9. The van der Waals surface area contributed by atoms with E-state index in [1.165, 1.54) is 19.3 Å². The van der Waals surface area contributed by atoms with E-state index >= 15 is 0 Å². The third-order valence-electron chi connectivity index (χ3n) is 2.92. The second kappa shape index (κ2) is 6.83. The van der Waals surface area contributed by atoms with E-state index in [1.807, 2.05) is 6.92 Å². The Labute approximate surface area is 93.3 Å². The van der Waals surface area contributed by atoms with Crippen LogP contribution in [0.15, 0.2) is 0 Å². The van der Waals surface area contributed by atoms with Gasteiger partial charge in [0, 0.05) is 19.7 Å². The van der Waals surface area contributed by atoms with E-state index < -0.39 is 0 Å². The van der Waals surface area contributed by atoms with Crippen LogP contribution in [0.5, 0.6) is 0 Å². The van der Waals surface area contributed by atoms with Crippen LogP contribution in [0.3, 0.4) is 0 Å². The second-order valence-corrected chi connectivity index (χ2v) is 4.17. The molecule has 0 aliphatic carbocycles. The zero-order chi connectivity index (χ0) is 11.1. The lowest BCUT2D eigenvalue weighted by atomic mass is 10.1. The molecule has 0 aromatic rings. The van der Waals surface area contributed by atoms with Gasteiger partial charge < -0.3 is 9.64 Å². The number of amidine groups is 1. The third kappa shape index (κ3) is 3.82. The Kier molecular flexibility index (Phi) is 5.69. The highest BCUT2D eigenvalue weighted by Crippen LogP contribution is 2.13. The van der Waals surface area contributed by atoms with Crippen LogP contribution in [0.1, 0.15) is 46.0 Å². The lowest BCUT2D eigenvalue weighted by molar-refractivity contribution is 0.0906. The number of nitrogens with zero attached hydrogens (tertiary/aromatic N) is 1. The van der Waals surface area contributed by atoms with Crippen LogP contribution in [0, 0.1) is 5.41 Å². The molecular formula is C12H24N2O. The van der Waals surface area contributed by atoms with Gasteiger partial charge in [-0.3, -0.25) is 5.41 Å². The molecular weight excluding hydrogens is 188 g/mol. The number of rotatable bonds is 5. The topological polar surface area (TPSA) is 36.3 Å². The molecule has 0 spiro atoms. The van der Waals surface area contributed by atoms with E-state index in [1.54, 1.807) is 0 Å². The highest BCUT2D eigenvalue weighted by atomic mass is 16.5. The fourth-order valence-corrected chi connectivity index (χ4v) is 2.10. The van der Waals surface area contributed by atoms with Crippen LogP contribution in [-0.2, 0) is 4.74 Å². The molecule has 1 heterocycles. The van der Waals surface area contributed by atoms with Gasteiger partial charge in [0.2, 0.25) is 0 Å². The summed E-state index contributed by atoms with van der Waals surface area (Å²) in [6.07, 6.45) is 5.86. The maximum Gasteiger partial charge on any atom is 0.126 e. The van der Waals surface area contributed by atoms with E-state index in [2.05, 4.69) is 11.8 Å². The summed E-state index contributed by atoms with van der Waals surface area (Å²) in [5.74, 6) is 0.707. The minimum atomic E-state index is 0.0260. The number of hydrogen-bond donors (Lipinski definition) is 1. The summed E-state index contributed by atoms with van der Waals surface area (Å²) < 4.78 is 5.63. The average Bonchev–Trinajstić information content (AvgIpc) is 2.29. The molecule has 1 atom stereocenters. The van der Waals surface area contributed by atoms with E-state index in [0.717, 1.165) is 25.9 Å². The predicted molar refractivity (Wildman–Crippen MR) is 63.5 cm³/mol. The van der Waals surface area contributed by atoms with Crippen molar-refractivity contribution in [1.82, 2.24) is 4.90 Å². The van der Waals surface area contributed by atoms with Gasteiger partial charge in [0.1, 0.15) is 11.9 Å². The van der Waals surface area contributed by atoms with Crippen molar-refractivity contribution in [2.75, 3.05) is 19.7 Å². The van der Waals surface area contributed by atoms with Crippen LogP contribution in [0.2, 0.25) is 0 Å². The SMILES string of the molecule is CCCC(OCC)C(=N)N1CCCCC1. The van der Waals surface area contributed by atoms with Gasteiger partial charge in [0.25, 0.3) is 0 Å². The summed E-state index contributed by atoms with van der Waals surface area (Å²) in [4.78, 5) is 2.19. The van der Waals surface area contributed by atoms with E-state index in [-0.39, 0.29) is 6.10 Å². The second-order valence-electron chi connectivity index (χ2n) is 4.17. The van der Waals surface area contributed by atoms with Gasteiger partial charge in [-0.05, 0) is 32.6 Å². The third-order valence-corrected chi connectivity index (χ3v) is 2.92. The zero-order valence-corrected chi connectivity index (χ0v) is 10.1. The molecule has 1 rings (SSSR count). The van der Waals surface area contributed by atoms with Crippen molar-refractivity contribution in [2.24, 2.45) is 0 Å². The average molecular weight is 212 g/mol. The van der Waals surface area contributed by atoms with Crippen molar-refractivity contribution in [3.8, 4) is 0 Å². The van der Waals surface area contributed by atoms with Crippen molar-refractivity contribution in [2.45, 2.75) is 52.1 Å². The van der Waals surface area contributed by atoms with Gasteiger partial charge in [0.15, 0.2) is 0 Å². The molecule has 88 valence electrons. The molecule has 1 unspecified atom stereocenters. The van der Waals surface area contributed by atoms with E-state index in [0.29, 0.717) is 12.4 Å². The Bertz CT molecular complexity index is 182. The molecule has 3 heteroatoms. The van der Waals surface area contributed by atoms with Crippen LogP contribution < -0.4 is 0 Å². The first-order valence-electron chi connectivity index (χ1n) is 6.24. The van der Waals surface area contributed by atoms with Crippen molar-refractivity contribution in [3.63, 3.8) is 0 Å². The number of hydrogen-bond acceptors (Lipinski definition) is 2. The monoisotopic (exact) mass is 212 g/mol. The lowest BCUT2D eigenvalue weighted by Crippen LogP contribution is -2.42. The van der Waals surface area contributed by atoms with Gasteiger partial charge >= 0.3 is 0 Å². The molecule has 1 N–H and O–H groups in total. The fourth-order valence-electron chi connectivity index (χ4n) is 2.10. The molecule has 0 saturated carbocycles. The van der Waals surface area contributed by atoms with Gasteiger partial charge in [-0.25, -0.2) is 0 Å². The maximum absolute atomic E-state index is 8.15. The van der Waals surface area contributed by atoms with Crippen LogP contribution in [0.4, 0.5) is 0 Å².